The number of nitrogens with zero attached hydrogens (tertiary/aromatic N) is 3. The molecule has 2 aliphatic heterocycles. The summed E-state index contributed by atoms with van der Waals surface area (Å²) in [5.41, 5.74) is 7.15. The largest absolute Gasteiger partial charge is 0.347 e. The molecule has 0 aromatic heterocycles. The number of allylic oxidation sites excluding steroid dienone is 4. The van der Waals surface area contributed by atoms with Crippen LogP contribution in [0.15, 0.2) is 77.7 Å². The molecule has 2 heterocycles. The second-order valence-electron chi connectivity index (χ2n) is 9.81. The van der Waals surface area contributed by atoms with E-state index < -0.39 is 0 Å². The van der Waals surface area contributed by atoms with E-state index >= 15 is 0 Å². The molecule has 1 aliphatic carbocycles. The van der Waals surface area contributed by atoms with Crippen LogP contribution in [0.5, 0.6) is 0 Å². The van der Waals surface area contributed by atoms with Gasteiger partial charge in [-0.2, -0.15) is 5.26 Å². The van der Waals surface area contributed by atoms with Crippen molar-refractivity contribution in [1.29, 1.82) is 5.26 Å². The highest BCUT2D eigenvalue weighted by molar-refractivity contribution is 6.04. The Morgan fingerprint density at radius 1 is 1.11 bits per heavy atom. The van der Waals surface area contributed by atoms with Gasteiger partial charge in [-0.05, 0) is 86.0 Å². The van der Waals surface area contributed by atoms with Gasteiger partial charge < -0.3 is 20.4 Å². The van der Waals surface area contributed by atoms with E-state index in [9.17, 15) is 14.9 Å². The summed E-state index contributed by atoms with van der Waals surface area (Å²) in [7, 11) is 2.10. The normalized spacial score (nSPS) is 18.6. The number of hydrogen-bond donors (Lipinski definition) is 2. The molecular formula is C30H31N5O2. The van der Waals surface area contributed by atoms with Crippen molar-refractivity contribution in [3.63, 3.8) is 0 Å². The third-order valence-electron chi connectivity index (χ3n) is 7.24. The van der Waals surface area contributed by atoms with E-state index in [0.717, 1.165) is 42.0 Å². The predicted molar refractivity (Wildman–Crippen MR) is 143 cm³/mol. The van der Waals surface area contributed by atoms with Crippen molar-refractivity contribution in [2.45, 2.75) is 32.9 Å². The Morgan fingerprint density at radius 3 is 2.78 bits per heavy atom. The second-order valence-corrected chi connectivity index (χ2v) is 9.81. The minimum atomic E-state index is -0.176. The SMILES string of the molecule is CCN1C(C(=O)NCc2cccc(C(=O)Nc3ccc4c(c3)CN(C)CC4)c2)=CC2CC(C#N)=CC=C21. The first-order chi connectivity index (χ1) is 17.9. The zero-order valence-corrected chi connectivity index (χ0v) is 21.3. The van der Waals surface area contributed by atoms with Crippen molar-refractivity contribution < 1.29 is 9.59 Å². The van der Waals surface area contributed by atoms with Gasteiger partial charge in [-0.15, -0.1) is 0 Å². The lowest BCUT2D eigenvalue weighted by Crippen LogP contribution is -2.32. The van der Waals surface area contributed by atoms with Gasteiger partial charge in [0.15, 0.2) is 0 Å². The lowest BCUT2D eigenvalue weighted by Gasteiger charge is -2.25. The molecule has 1 unspecified atom stereocenters. The summed E-state index contributed by atoms with van der Waals surface area (Å²) in [6.07, 6.45) is 7.37. The molecule has 2 aromatic carbocycles. The molecule has 0 radical (unpaired) electrons. The molecule has 0 saturated heterocycles. The zero-order valence-electron chi connectivity index (χ0n) is 21.3. The number of hydrogen-bond acceptors (Lipinski definition) is 5. The number of amides is 2. The van der Waals surface area contributed by atoms with E-state index in [1.807, 2.05) is 54.3 Å². The fourth-order valence-electron chi connectivity index (χ4n) is 5.28. The summed E-state index contributed by atoms with van der Waals surface area (Å²) in [4.78, 5) is 30.3. The monoisotopic (exact) mass is 493 g/mol. The molecule has 0 bridgehead atoms. The summed E-state index contributed by atoms with van der Waals surface area (Å²) < 4.78 is 0. The number of fused-ring (bicyclic) bond motifs is 2. The van der Waals surface area contributed by atoms with Gasteiger partial charge in [-0.3, -0.25) is 9.59 Å². The number of nitrogens with one attached hydrogen (secondary N) is 2. The van der Waals surface area contributed by atoms with Gasteiger partial charge in [-0.25, -0.2) is 0 Å². The van der Waals surface area contributed by atoms with E-state index in [1.54, 1.807) is 6.07 Å². The zero-order chi connectivity index (χ0) is 25.9. The first-order valence-electron chi connectivity index (χ1n) is 12.7. The van der Waals surface area contributed by atoms with Crippen LogP contribution in [-0.2, 0) is 24.3 Å². The van der Waals surface area contributed by atoms with Crippen molar-refractivity contribution in [1.82, 2.24) is 15.1 Å². The number of carbonyl (C=O) groups excluding carboxylic acids is 2. The second kappa shape index (κ2) is 10.5. The Bertz CT molecular complexity index is 1380. The molecule has 1 atom stereocenters. The van der Waals surface area contributed by atoms with Crippen molar-refractivity contribution in [2.24, 2.45) is 5.92 Å². The maximum absolute atomic E-state index is 13.1. The van der Waals surface area contributed by atoms with Crippen molar-refractivity contribution in [3.05, 3.63) is 99.9 Å². The highest BCUT2D eigenvalue weighted by atomic mass is 16.2. The summed E-state index contributed by atoms with van der Waals surface area (Å²) in [6.45, 7) is 4.93. The standard InChI is InChI=1S/C30H31N5O2/c1-3-35-27-10-7-20(17-31)13-24(27)16-28(35)30(37)32-18-21-5-4-6-23(14-21)29(36)33-26-9-8-22-11-12-34(2)19-25(22)15-26/h4-10,14-16,24H,3,11-13,18-19H2,1-2H3,(H,32,37)(H,33,36). The average Bonchev–Trinajstić information content (AvgIpc) is 3.29. The number of carbonyl (C=O) groups is 2. The van der Waals surface area contributed by atoms with Crippen LogP contribution in [0.1, 0.15) is 40.4 Å². The molecule has 3 aliphatic rings. The molecule has 5 rings (SSSR count). The van der Waals surface area contributed by atoms with Gasteiger partial charge in [0.1, 0.15) is 5.70 Å². The number of likely N-dealkylation sites (N-methyl/N-ethyl adjacent to an activating group) is 2. The maximum atomic E-state index is 13.1. The average molecular weight is 494 g/mol. The molecule has 188 valence electrons. The van der Waals surface area contributed by atoms with Crippen LogP contribution < -0.4 is 10.6 Å². The summed E-state index contributed by atoms with van der Waals surface area (Å²) in [5, 5.41) is 15.2. The maximum Gasteiger partial charge on any atom is 0.267 e. The molecule has 2 N–H and O–H groups in total. The fraction of sp³-hybridized carbons (Fsp3) is 0.300. The van der Waals surface area contributed by atoms with Gasteiger partial charge in [-0.1, -0.05) is 18.2 Å². The van der Waals surface area contributed by atoms with Crippen LogP contribution in [0.25, 0.3) is 0 Å². The van der Waals surface area contributed by atoms with Crippen LogP contribution in [0.3, 0.4) is 0 Å². The molecule has 0 spiro atoms. The van der Waals surface area contributed by atoms with Gasteiger partial charge >= 0.3 is 0 Å². The van der Waals surface area contributed by atoms with Gasteiger partial charge in [0.25, 0.3) is 11.8 Å². The van der Waals surface area contributed by atoms with Crippen LogP contribution >= 0.6 is 0 Å². The topological polar surface area (TPSA) is 88.5 Å². The Labute approximate surface area is 217 Å². The smallest absolute Gasteiger partial charge is 0.267 e. The molecule has 0 saturated carbocycles. The minimum Gasteiger partial charge on any atom is -0.347 e. The number of benzene rings is 2. The third-order valence-corrected chi connectivity index (χ3v) is 7.24. The fourth-order valence-corrected chi connectivity index (χ4v) is 5.28. The van der Waals surface area contributed by atoms with Crippen LogP contribution in [0.2, 0.25) is 0 Å². The first kappa shape index (κ1) is 24.5. The molecular weight excluding hydrogens is 462 g/mol. The van der Waals surface area contributed by atoms with Crippen molar-refractivity contribution in [2.75, 3.05) is 25.5 Å². The molecule has 2 amide bonds. The quantitative estimate of drug-likeness (QED) is 0.632. The van der Waals surface area contributed by atoms with Gasteiger partial charge in [0.05, 0.1) is 6.07 Å². The molecule has 7 nitrogen and oxygen atoms in total. The Balaban J connectivity index is 1.22. The lowest BCUT2D eigenvalue weighted by molar-refractivity contribution is -0.118. The van der Waals surface area contributed by atoms with Crippen LogP contribution in [0.4, 0.5) is 5.69 Å². The Kier molecular flexibility index (Phi) is 6.93. The van der Waals surface area contributed by atoms with Crippen LogP contribution in [-0.4, -0.2) is 41.8 Å². The Hall–Kier alpha value is -4.15. The number of nitriles is 1. The van der Waals surface area contributed by atoms with E-state index in [4.69, 9.17) is 0 Å². The molecule has 2 aromatic rings. The van der Waals surface area contributed by atoms with Crippen molar-refractivity contribution >= 4 is 17.5 Å². The van der Waals surface area contributed by atoms with E-state index in [0.29, 0.717) is 30.8 Å². The van der Waals surface area contributed by atoms with E-state index in [-0.39, 0.29) is 17.7 Å². The summed E-state index contributed by atoms with van der Waals surface area (Å²) in [5.74, 6) is -0.286. The lowest BCUT2D eigenvalue weighted by atomic mass is 9.93. The van der Waals surface area contributed by atoms with E-state index in [1.165, 1.54) is 11.1 Å². The number of anilines is 1. The highest BCUT2D eigenvalue weighted by Crippen LogP contribution is 2.37. The third kappa shape index (κ3) is 5.20. The Morgan fingerprint density at radius 2 is 1.97 bits per heavy atom. The predicted octanol–water partition coefficient (Wildman–Crippen LogP) is 4.12. The molecule has 7 heteroatoms. The molecule has 37 heavy (non-hydrogen) atoms. The van der Waals surface area contributed by atoms with Gasteiger partial charge in [0, 0.05) is 54.6 Å². The van der Waals surface area contributed by atoms with Crippen molar-refractivity contribution in [3.8, 4) is 6.07 Å². The van der Waals surface area contributed by atoms with E-state index in [2.05, 4.69) is 40.8 Å². The van der Waals surface area contributed by atoms with Gasteiger partial charge in [0.2, 0.25) is 0 Å². The number of rotatable bonds is 6. The molecule has 0 fully saturated rings. The minimum absolute atomic E-state index is 0.0522. The summed E-state index contributed by atoms with van der Waals surface area (Å²) in [6, 6.07) is 15.7. The summed E-state index contributed by atoms with van der Waals surface area (Å²) >= 11 is 0. The highest BCUT2D eigenvalue weighted by Gasteiger charge is 2.33. The van der Waals surface area contributed by atoms with Crippen LogP contribution in [0, 0.1) is 17.2 Å². The first-order valence-corrected chi connectivity index (χ1v) is 12.7.